The highest BCUT2D eigenvalue weighted by atomic mass is 16.4. The molecule has 0 spiro atoms. The van der Waals surface area contributed by atoms with Crippen LogP contribution in [0.3, 0.4) is 0 Å². The molecule has 0 aromatic rings. The lowest BCUT2D eigenvalue weighted by Gasteiger charge is -2.40. The first-order valence-electron chi connectivity index (χ1n) is 7.34. The van der Waals surface area contributed by atoms with E-state index in [1.54, 1.807) is 0 Å². The van der Waals surface area contributed by atoms with E-state index in [0.29, 0.717) is 12.8 Å². The Hall–Kier alpha value is -1.26. The third kappa shape index (κ3) is 4.39. The van der Waals surface area contributed by atoms with E-state index in [1.165, 1.54) is 0 Å². The van der Waals surface area contributed by atoms with Crippen molar-refractivity contribution in [3.05, 3.63) is 0 Å². The number of carbonyl (C=O) groups is 2. The zero-order valence-corrected chi connectivity index (χ0v) is 13.2. The lowest BCUT2D eigenvalue weighted by molar-refractivity contribution is -0.142. The van der Waals surface area contributed by atoms with Gasteiger partial charge in [0.2, 0.25) is 0 Å². The van der Waals surface area contributed by atoms with Crippen LogP contribution in [0.15, 0.2) is 0 Å². The van der Waals surface area contributed by atoms with Crippen LogP contribution >= 0.6 is 0 Å². The molecule has 0 unspecified atom stereocenters. The van der Waals surface area contributed by atoms with Gasteiger partial charge < -0.3 is 15.7 Å². The Morgan fingerprint density at radius 3 is 1.90 bits per heavy atom. The SMILES string of the molecule is CC(C)(C)C(C)(C)NC(=O)NC1CCC(C(=O)O)CC1. The Labute approximate surface area is 121 Å². The van der Waals surface area contributed by atoms with Crippen LogP contribution in [0.2, 0.25) is 0 Å². The number of carbonyl (C=O) groups excluding carboxylic acids is 1. The Kier molecular flexibility index (Phi) is 5.05. The number of nitrogens with one attached hydrogen (secondary N) is 2. The predicted octanol–water partition coefficient (Wildman–Crippen LogP) is 2.75. The number of aliphatic carboxylic acids is 1. The summed E-state index contributed by atoms with van der Waals surface area (Å²) in [6.45, 7) is 10.3. The third-order valence-corrected chi connectivity index (χ3v) is 4.71. The van der Waals surface area contributed by atoms with Crippen molar-refractivity contribution in [2.45, 2.75) is 71.9 Å². The molecular weight excluding hydrogens is 256 g/mol. The first-order chi connectivity index (χ1) is 9.03. The van der Waals surface area contributed by atoms with Gasteiger partial charge in [-0.3, -0.25) is 4.79 Å². The van der Waals surface area contributed by atoms with E-state index in [4.69, 9.17) is 5.11 Å². The molecule has 0 aromatic carbocycles. The minimum Gasteiger partial charge on any atom is -0.481 e. The maximum atomic E-state index is 12.1. The van der Waals surface area contributed by atoms with Crippen LogP contribution in [0.4, 0.5) is 4.79 Å². The minimum atomic E-state index is -0.721. The maximum absolute atomic E-state index is 12.1. The van der Waals surface area contributed by atoms with Crippen LogP contribution in [0.5, 0.6) is 0 Å². The molecule has 1 rings (SSSR count). The first-order valence-corrected chi connectivity index (χ1v) is 7.34. The summed E-state index contributed by atoms with van der Waals surface area (Å²) < 4.78 is 0. The molecule has 1 aliphatic carbocycles. The molecule has 0 aliphatic heterocycles. The number of hydrogen-bond donors (Lipinski definition) is 3. The highest BCUT2D eigenvalue weighted by molar-refractivity contribution is 5.75. The van der Waals surface area contributed by atoms with Crippen molar-refractivity contribution in [3.63, 3.8) is 0 Å². The summed E-state index contributed by atoms with van der Waals surface area (Å²) in [5, 5.41) is 14.9. The second-order valence-electron chi connectivity index (χ2n) is 7.36. The first kappa shape index (κ1) is 16.8. The predicted molar refractivity (Wildman–Crippen MR) is 78.6 cm³/mol. The Morgan fingerprint density at radius 1 is 1.00 bits per heavy atom. The molecule has 3 N–H and O–H groups in total. The summed E-state index contributed by atoms with van der Waals surface area (Å²) in [6.07, 6.45) is 2.76. The van der Waals surface area contributed by atoms with Crippen LogP contribution < -0.4 is 10.6 Å². The molecule has 0 radical (unpaired) electrons. The van der Waals surface area contributed by atoms with Gasteiger partial charge >= 0.3 is 12.0 Å². The molecule has 116 valence electrons. The summed E-state index contributed by atoms with van der Waals surface area (Å²) in [4.78, 5) is 22.9. The molecule has 1 saturated carbocycles. The Bertz CT molecular complexity index is 364. The quantitative estimate of drug-likeness (QED) is 0.745. The molecule has 5 nitrogen and oxygen atoms in total. The maximum Gasteiger partial charge on any atom is 0.315 e. The van der Waals surface area contributed by atoms with Gasteiger partial charge in [0.15, 0.2) is 0 Å². The zero-order chi connectivity index (χ0) is 15.6. The Morgan fingerprint density at radius 2 is 1.50 bits per heavy atom. The lowest BCUT2D eigenvalue weighted by atomic mass is 9.76. The van der Waals surface area contributed by atoms with Crippen molar-refractivity contribution in [2.75, 3.05) is 0 Å². The normalized spacial score (nSPS) is 24.1. The van der Waals surface area contributed by atoms with Gasteiger partial charge in [0.25, 0.3) is 0 Å². The molecule has 5 heteroatoms. The van der Waals surface area contributed by atoms with E-state index in [2.05, 4.69) is 31.4 Å². The summed E-state index contributed by atoms with van der Waals surface area (Å²) in [6, 6.07) is -0.0786. The third-order valence-electron chi connectivity index (χ3n) is 4.71. The molecule has 1 aliphatic rings. The lowest BCUT2D eigenvalue weighted by Crippen LogP contribution is -2.57. The van der Waals surface area contributed by atoms with Gasteiger partial charge in [0.05, 0.1) is 5.92 Å². The molecule has 0 aromatic heterocycles. The minimum absolute atomic E-state index is 0.0364. The molecule has 0 atom stereocenters. The van der Waals surface area contributed by atoms with Gasteiger partial charge in [-0.2, -0.15) is 0 Å². The van der Waals surface area contributed by atoms with Crippen molar-refractivity contribution >= 4 is 12.0 Å². The number of carboxylic acid groups (broad SMARTS) is 1. The van der Waals surface area contributed by atoms with E-state index in [9.17, 15) is 9.59 Å². The molecule has 0 bridgehead atoms. The van der Waals surface area contributed by atoms with Crippen molar-refractivity contribution in [1.29, 1.82) is 0 Å². The van der Waals surface area contributed by atoms with E-state index >= 15 is 0 Å². The van der Waals surface area contributed by atoms with Gasteiger partial charge in [0.1, 0.15) is 0 Å². The zero-order valence-electron chi connectivity index (χ0n) is 13.2. The van der Waals surface area contributed by atoms with Crippen LogP contribution in [-0.4, -0.2) is 28.7 Å². The van der Waals surface area contributed by atoms with Gasteiger partial charge in [-0.05, 0) is 44.9 Å². The van der Waals surface area contributed by atoms with Crippen LogP contribution in [0.1, 0.15) is 60.3 Å². The number of amides is 2. The van der Waals surface area contributed by atoms with E-state index in [0.717, 1.165) is 12.8 Å². The standard InChI is InChI=1S/C15H28N2O3/c1-14(2,3)15(4,5)17-13(20)16-11-8-6-10(7-9-11)12(18)19/h10-11H,6-9H2,1-5H3,(H,18,19)(H2,16,17,20). The summed E-state index contributed by atoms with van der Waals surface area (Å²) in [5.74, 6) is -0.969. The van der Waals surface area contributed by atoms with Crippen molar-refractivity contribution in [2.24, 2.45) is 11.3 Å². The number of urea groups is 1. The fourth-order valence-corrected chi connectivity index (χ4v) is 2.18. The van der Waals surface area contributed by atoms with Gasteiger partial charge in [-0.1, -0.05) is 20.8 Å². The molecule has 1 fully saturated rings. The van der Waals surface area contributed by atoms with Crippen LogP contribution in [0.25, 0.3) is 0 Å². The summed E-state index contributed by atoms with van der Waals surface area (Å²) in [5.41, 5.74) is -0.347. The van der Waals surface area contributed by atoms with Crippen molar-refractivity contribution in [3.8, 4) is 0 Å². The van der Waals surface area contributed by atoms with Crippen LogP contribution in [0, 0.1) is 11.3 Å². The molecule has 20 heavy (non-hydrogen) atoms. The molecular formula is C15H28N2O3. The second kappa shape index (κ2) is 6.02. The Balaban J connectivity index is 2.43. The van der Waals surface area contributed by atoms with Gasteiger partial charge in [-0.15, -0.1) is 0 Å². The molecule has 0 saturated heterocycles. The molecule has 2 amide bonds. The second-order valence-corrected chi connectivity index (χ2v) is 7.36. The number of hydrogen-bond acceptors (Lipinski definition) is 2. The smallest absolute Gasteiger partial charge is 0.315 e. The largest absolute Gasteiger partial charge is 0.481 e. The summed E-state index contributed by atoms with van der Waals surface area (Å²) >= 11 is 0. The van der Waals surface area contributed by atoms with E-state index < -0.39 is 5.97 Å². The topological polar surface area (TPSA) is 78.4 Å². The number of rotatable bonds is 3. The molecule has 0 heterocycles. The van der Waals surface area contributed by atoms with E-state index in [1.807, 2.05) is 13.8 Å². The van der Waals surface area contributed by atoms with E-state index in [-0.39, 0.29) is 28.9 Å². The average Bonchev–Trinajstić information content (AvgIpc) is 2.27. The monoisotopic (exact) mass is 284 g/mol. The number of carboxylic acids is 1. The fraction of sp³-hybridized carbons (Fsp3) is 0.867. The fourth-order valence-electron chi connectivity index (χ4n) is 2.18. The van der Waals surface area contributed by atoms with Gasteiger partial charge in [0, 0.05) is 11.6 Å². The van der Waals surface area contributed by atoms with Crippen LogP contribution in [-0.2, 0) is 4.79 Å². The van der Waals surface area contributed by atoms with Crippen molar-refractivity contribution < 1.29 is 14.7 Å². The highest BCUT2D eigenvalue weighted by Crippen LogP contribution is 2.29. The highest BCUT2D eigenvalue weighted by Gasteiger charge is 2.35. The average molecular weight is 284 g/mol. The van der Waals surface area contributed by atoms with Gasteiger partial charge in [-0.25, -0.2) is 4.79 Å². The van der Waals surface area contributed by atoms with Crippen molar-refractivity contribution in [1.82, 2.24) is 10.6 Å². The summed E-state index contributed by atoms with van der Waals surface area (Å²) in [7, 11) is 0.